The van der Waals surface area contributed by atoms with Gasteiger partial charge in [0.25, 0.3) is 0 Å². The summed E-state index contributed by atoms with van der Waals surface area (Å²) < 4.78 is 27.3. The van der Waals surface area contributed by atoms with Gasteiger partial charge in [-0.2, -0.15) is 0 Å². The van der Waals surface area contributed by atoms with Crippen molar-refractivity contribution in [2.45, 2.75) is 6.42 Å². The van der Waals surface area contributed by atoms with Crippen LogP contribution in [0.1, 0.15) is 6.42 Å². The van der Waals surface area contributed by atoms with Crippen molar-refractivity contribution in [3.8, 4) is 22.5 Å². The molecule has 1 saturated heterocycles. The van der Waals surface area contributed by atoms with Crippen LogP contribution in [0.2, 0.25) is 0 Å². The van der Waals surface area contributed by atoms with Crippen LogP contribution in [-0.2, 0) is 0 Å². The van der Waals surface area contributed by atoms with E-state index in [-0.39, 0.29) is 0 Å². The highest BCUT2D eigenvalue weighted by Crippen LogP contribution is 2.33. The van der Waals surface area contributed by atoms with E-state index in [2.05, 4.69) is 9.88 Å². The number of nitrogens with zero attached hydrogens (tertiary/aromatic N) is 4. The molecule has 0 spiro atoms. The van der Waals surface area contributed by atoms with Gasteiger partial charge in [-0.25, -0.2) is 18.7 Å². The van der Waals surface area contributed by atoms with Crippen LogP contribution in [-0.4, -0.2) is 28.0 Å². The van der Waals surface area contributed by atoms with Crippen molar-refractivity contribution >= 4 is 16.7 Å². The second-order valence-corrected chi connectivity index (χ2v) is 6.84. The molecule has 1 fully saturated rings. The van der Waals surface area contributed by atoms with Gasteiger partial charge in [0, 0.05) is 42.5 Å². The van der Waals surface area contributed by atoms with E-state index >= 15 is 0 Å². The summed E-state index contributed by atoms with van der Waals surface area (Å²) in [6, 6.07) is 12.9. The topological polar surface area (TPSA) is 41.9 Å². The van der Waals surface area contributed by atoms with E-state index in [0.29, 0.717) is 17.0 Å². The summed E-state index contributed by atoms with van der Waals surface area (Å²) in [5.74, 6) is 0.266. The molecular weight excluding hydrogens is 358 g/mol. The highest BCUT2D eigenvalue weighted by atomic mass is 19.1. The van der Waals surface area contributed by atoms with Gasteiger partial charge >= 0.3 is 0 Å². The molecule has 1 aliphatic heterocycles. The summed E-state index contributed by atoms with van der Waals surface area (Å²) in [4.78, 5) is 15.9. The molecule has 3 heterocycles. The highest BCUT2D eigenvalue weighted by Gasteiger charge is 2.21. The number of hydrogen-bond donors (Lipinski definition) is 0. The molecule has 0 bridgehead atoms. The van der Waals surface area contributed by atoms with Crippen LogP contribution in [0, 0.1) is 11.6 Å². The zero-order valence-electron chi connectivity index (χ0n) is 14.9. The summed E-state index contributed by atoms with van der Waals surface area (Å²) >= 11 is 0. The average molecular weight is 374 g/mol. The van der Waals surface area contributed by atoms with Gasteiger partial charge in [-0.15, -0.1) is 0 Å². The molecule has 4 nitrogen and oxygen atoms in total. The molecule has 0 atom stereocenters. The van der Waals surface area contributed by atoms with Crippen LogP contribution >= 0.6 is 0 Å². The molecule has 0 saturated carbocycles. The number of hydrogen-bond acceptors (Lipinski definition) is 4. The molecule has 0 aliphatic carbocycles. The van der Waals surface area contributed by atoms with Crippen molar-refractivity contribution < 1.29 is 8.78 Å². The lowest BCUT2D eigenvalue weighted by molar-refractivity contribution is 0.584. The Hall–Kier alpha value is -3.41. The largest absolute Gasteiger partial charge is 0.356 e. The fraction of sp³-hybridized carbons (Fsp3) is 0.136. The van der Waals surface area contributed by atoms with Crippen LogP contribution in [0.3, 0.4) is 0 Å². The monoisotopic (exact) mass is 374 g/mol. The van der Waals surface area contributed by atoms with Gasteiger partial charge in [0.15, 0.2) is 5.82 Å². The fourth-order valence-corrected chi connectivity index (χ4v) is 3.41. The minimum Gasteiger partial charge on any atom is -0.356 e. The van der Waals surface area contributed by atoms with Gasteiger partial charge in [0.1, 0.15) is 17.5 Å². The molecule has 5 rings (SSSR count). The number of fused-ring (bicyclic) bond motifs is 1. The predicted molar refractivity (Wildman–Crippen MR) is 105 cm³/mol. The number of rotatable bonds is 3. The lowest BCUT2D eigenvalue weighted by Crippen LogP contribution is -2.37. The summed E-state index contributed by atoms with van der Waals surface area (Å²) in [6.45, 7) is 1.91. The molecule has 2 aromatic heterocycles. The number of pyridine rings is 1. The minimum absolute atomic E-state index is 0.478. The Morgan fingerprint density at radius 3 is 2.32 bits per heavy atom. The average Bonchev–Trinajstić information content (AvgIpc) is 2.66. The van der Waals surface area contributed by atoms with Crippen LogP contribution in [0.5, 0.6) is 0 Å². The van der Waals surface area contributed by atoms with E-state index in [1.54, 1.807) is 12.4 Å². The Labute approximate surface area is 160 Å². The van der Waals surface area contributed by atoms with E-state index in [1.807, 2.05) is 30.3 Å². The molecule has 2 aromatic carbocycles. The van der Waals surface area contributed by atoms with Crippen LogP contribution < -0.4 is 4.90 Å². The van der Waals surface area contributed by atoms with E-state index in [4.69, 9.17) is 9.97 Å². The van der Waals surface area contributed by atoms with Gasteiger partial charge in [-0.3, -0.25) is 4.98 Å². The summed E-state index contributed by atoms with van der Waals surface area (Å²) in [5, 5.41) is 0.924. The maximum Gasteiger partial charge on any atom is 0.163 e. The van der Waals surface area contributed by atoms with Crippen molar-refractivity contribution in [1.29, 1.82) is 0 Å². The molecule has 0 unspecified atom stereocenters. The normalized spacial score (nSPS) is 13.6. The second kappa shape index (κ2) is 6.64. The summed E-state index contributed by atoms with van der Waals surface area (Å²) in [7, 11) is 0. The minimum atomic E-state index is -0.602. The smallest absolute Gasteiger partial charge is 0.163 e. The van der Waals surface area contributed by atoms with Gasteiger partial charge in [0.2, 0.25) is 0 Å². The zero-order chi connectivity index (χ0) is 19.1. The van der Waals surface area contributed by atoms with Crippen molar-refractivity contribution in [2.75, 3.05) is 18.0 Å². The Morgan fingerprint density at radius 2 is 1.64 bits per heavy atom. The second-order valence-electron chi connectivity index (χ2n) is 6.84. The van der Waals surface area contributed by atoms with Crippen molar-refractivity contribution in [3.05, 3.63) is 72.6 Å². The summed E-state index contributed by atoms with van der Waals surface area (Å²) in [5.41, 5.74) is 2.74. The van der Waals surface area contributed by atoms with E-state index in [1.165, 1.54) is 12.1 Å². The third kappa shape index (κ3) is 2.97. The molecule has 0 N–H and O–H groups in total. The predicted octanol–water partition coefficient (Wildman–Crippen LogP) is 4.85. The maximum absolute atomic E-state index is 13.7. The lowest BCUT2D eigenvalue weighted by Gasteiger charge is -2.33. The van der Waals surface area contributed by atoms with Crippen LogP contribution in [0.15, 0.2) is 60.9 Å². The molecule has 28 heavy (non-hydrogen) atoms. The first-order valence-electron chi connectivity index (χ1n) is 9.11. The first-order chi connectivity index (χ1) is 13.7. The Bertz CT molecular complexity index is 1150. The summed E-state index contributed by atoms with van der Waals surface area (Å²) in [6.07, 6.45) is 4.57. The SMILES string of the molecule is Fc1cc(F)cc(-c2ccc3c(N4CCC4)nc(-c4cccnc4)nc3c2)c1. The van der Waals surface area contributed by atoms with E-state index < -0.39 is 11.6 Å². The fourth-order valence-electron chi connectivity index (χ4n) is 3.41. The Kier molecular flexibility index (Phi) is 3.97. The first kappa shape index (κ1) is 16.7. The number of benzene rings is 2. The quantitative estimate of drug-likeness (QED) is 0.514. The molecule has 6 heteroatoms. The van der Waals surface area contributed by atoms with Crippen molar-refractivity contribution in [1.82, 2.24) is 15.0 Å². The number of halogens is 2. The van der Waals surface area contributed by atoms with Gasteiger partial charge in [0.05, 0.1) is 5.52 Å². The zero-order valence-corrected chi connectivity index (χ0v) is 14.9. The lowest BCUT2D eigenvalue weighted by atomic mass is 10.0. The Balaban J connectivity index is 1.71. The first-order valence-corrected chi connectivity index (χ1v) is 9.11. The van der Waals surface area contributed by atoms with E-state index in [9.17, 15) is 8.78 Å². The van der Waals surface area contributed by atoms with Gasteiger partial charge in [-0.1, -0.05) is 6.07 Å². The molecule has 1 aliphatic rings. The third-order valence-electron chi connectivity index (χ3n) is 4.95. The van der Waals surface area contributed by atoms with Gasteiger partial charge in [-0.05, 0) is 53.9 Å². The Morgan fingerprint density at radius 1 is 0.821 bits per heavy atom. The maximum atomic E-state index is 13.7. The molecule has 4 aromatic rings. The van der Waals surface area contributed by atoms with Crippen LogP contribution in [0.25, 0.3) is 33.4 Å². The molecular formula is C22H16F2N4. The number of aromatic nitrogens is 3. The standard InChI is InChI=1S/C22H16F2N4/c23-17-9-16(10-18(24)12-17)14-4-5-19-20(11-14)26-21(15-3-1-6-25-13-15)27-22(19)28-7-2-8-28/h1,3-6,9-13H,2,7-8H2. The molecule has 0 radical (unpaired) electrons. The van der Waals surface area contributed by atoms with Crippen molar-refractivity contribution in [3.63, 3.8) is 0 Å². The van der Waals surface area contributed by atoms with Crippen LogP contribution in [0.4, 0.5) is 14.6 Å². The van der Waals surface area contributed by atoms with E-state index in [0.717, 1.165) is 47.9 Å². The van der Waals surface area contributed by atoms with Crippen molar-refractivity contribution in [2.24, 2.45) is 0 Å². The van der Waals surface area contributed by atoms with Gasteiger partial charge < -0.3 is 4.90 Å². The third-order valence-corrected chi connectivity index (χ3v) is 4.95. The highest BCUT2D eigenvalue weighted by molar-refractivity contribution is 5.94. The molecule has 0 amide bonds. The number of anilines is 1. The molecule has 138 valence electrons.